The first-order chi connectivity index (χ1) is 9.70. The zero-order chi connectivity index (χ0) is 14.4. The molecule has 2 N–H and O–H groups in total. The number of nitrogens with one attached hydrogen (secondary N) is 1. The average molecular weight is 289 g/mol. The molecule has 20 heavy (non-hydrogen) atoms. The van der Waals surface area contributed by atoms with E-state index in [0.29, 0.717) is 17.3 Å². The summed E-state index contributed by atoms with van der Waals surface area (Å²) in [6.45, 7) is 0.494. The summed E-state index contributed by atoms with van der Waals surface area (Å²) < 4.78 is 5.16. The number of phenols is 1. The van der Waals surface area contributed by atoms with Crippen molar-refractivity contribution >= 4 is 17.3 Å². The first-order valence-corrected chi connectivity index (χ1v) is 6.38. The van der Waals surface area contributed by atoms with Crippen LogP contribution in [-0.2, 0) is 6.54 Å². The van der Waals surface area contributed by atoms with Gasteiger partial charge in [0.2, 0.25) is 0 Å². The molecule has 0 amide bonds. The van der Waals surface area contributed by atoms with Crippen LogP contribution in [-0.4, -0.2) is 11.7 Å². The van der Waals surface area contributed by atoms with Crippen molar-refractivity contribution in [3.05, 3.63) is 53.1 Å². The van der Waals surface area contributed by atoms with Crippen LogP contribution in [0.4, 0.5) is 5.69 Å². The van der Waals surface area contributed by atoms with Crippen molar-refractivity contribution in [2.45, 2.75) is 6.54 Å². The zero-order valence-corrected chi connectivity index (χ0v) is 11.4. The van der Waals surface area contributed by atoms with E-state index in [0.717, 1.165) is 11.3 Å². The Morgan fingerprint density at radius 1 is 1.20 bits per heavy atom. The molecule has 0 unspecified atom stereocenters. The molecular formula is C15H13ClN2O2. The number of hydrogen-bond acceptors (Lipinski definition) is 4. The van der Waals surface area contributed by atoms with Crippen molar-refractivity contribution in [2.24, 2.45) is 0 Å². The molecule has 0 aromatic heterocycles. The van der Waals surface area contributed by atoms with Crippen LogP contribution < -0.4 is 10.1 Å². The number of rotatable bonds is 5. The molecule has 0 saturated heterocycles. The van der Waals surface area contributed by atoms with E-state index in [1.165, 1.54) is 0 Å². The first-order valence-electron chi connectivity index (χ1n) is 6.01. The van der Waals surface area contributed by atoms with Crippen LogP contribution in [0.3, 0.4) is 0 Å². The molecule has 102 valence electrons. The van der Waals surface area contributed by atoms with E-state index in [2.05, 4.69) is 5.32 Å². The van der Waals surface area contributed by atoms with Crippen molar-refractivity contribution in [1.82, 2.24) is 0 Å². The van der Waals surface area contributed by atoms with Crippen LogP contribution in [0, 0.1) is 11.3 Å². The summed E-state index contributed by atoms with van der Waals surface area (Å²) in [6.07, 6.45) is 0. The van der Waals surface area contributed by atoms with Gasteiger partial charge in [-0.25, -0.2) is 0 Å². The van der Waals surface area contributed by atoms with Gasteiger partial charge in [0, 0.05) is 17.8 Å². The van der Waals surface area contributed by atoms with E-state index < -0.39 is 0 Å². The Kier molecular flexibility index (Phi) is 4.70. The van der Waals surface area contributed by atoms with Gasteiger partial charge in [0.15, 0.2) is 6.61 Å². The van der Waals surface area contributed by atoms with Crippen LogP contribution in [0.15, 0.2) is 42.5 Å². The average Bonchev–Trinajstić information content (AvgIpc) is 2.48. The lowest BCUT2D eigenvalue weighted by molar-refractivity contribution is 0.368. The van der Waals surface area contributed by atoms with Crippen LogP contribution in [0.5, 0.6) is 11.5 Å². The van der Waals surface area contributed by atoms with E-state index in [1.54, 1.807) is 30.3 Å². The second kappa shape index (κ2) is 6.69. The van der Waals surface area contributed by atoms with Crippen molar-refractivity contribution in [3.8, 4) is 17.6 Å². The number of hydrogen-bond donors (Lipinski definition) is 2. The summed E-state index contributed by atoms with van der Waals surface area (Å²) in [4.78, 5) is 0. The van der Waals surface area contributed by atoms with Gasteiger partial charge in [-0.1, -0.05) is 23.7 Å². The second-order valence-electron chi connectivity index (χ2n) is 4.07. The van der Waals surface area contributed by atoms with E-state index in [9.17, 15) is 5.11 Å². The smallest absolute Gasteiger partial charge is 0.174 e. The Balaban J connectivity index is 1.97. The minimum Gasteiger partial charge on any atom is -0.506 e. The highest BCUT2D eigenvalue weighted by atomic mass is 35.5. The van der Waals surface area contributed by atoms with Crippen molar-refractivity contribution in [1.29, 1.82) is 5.26 Å². The lowest BCUT2D eigenvalue weighted by Crippen LogP contribution is -2.00. The van der Waals surface area contributed by atoms with Gasteiger partial charge in [-0.15, -0.1) is 0 Å². The largest absolute Gasteiger partial charge is 0.506 e. The number of para-hydroxylation sites is 1. The first kappa shape index (κ1) is 14.0. The number of halogens is 1. The van der Waals surface area contributed by atoms with Gasteiger partial charge in [0.25, 0.3) is 0 Å². The molecule has 0 spiro atoms. The number of benzene rings is 2. The van der Waals surface area contributed by atoms with Crippen LogP contribution in [0.2, 0.25) is 5.02 Å². The molecule has 2 aromatic rings. The minimum atomic E-state index is 0.0309. The third-order valence-electron chi connectivity index (χ3n) is 2.71. The maximum absolute atomic E-state index is 9.79. The van der Waals surface area contributed by atoms with Crippen LogP contribution in [0.25, 0.3) is 0 Å². The monoisotopic (exact) mass is 288 g/mol. The summed E-state index contributed by atoms with van der Waals surface area (Å²) >= 11 is 5.84. The normalized spacial score (nSPS) is 9.80. The molecule has 0 aliphatic carbocycles. The highest BCUT2D eigenvalue weighted by Gasteiger charge is 2.04. The third kappa shape index (κ3) is 3.56. The Bertz CT molecular complexity index is 621. The molecule has 0 bridgehead atoms. The molecule has 4 nitrogen and oxygen atoms in total. The fourth-order valence-electron chi connectivity index (χ4n) is 1.68. The van der Waals surface area contributed by atoms with E-state index in [1.807, 2.05) is 18.2 Å². The SMILES string of the molecule is N#CCOc1ccc(NCc2cccc(Cl)c2O)cc1. The van der Waals surface area contributed by atoms with Gasteiger partial charge in [-0.2, -0.15) is 5.26 Å². The third-order valence-corrected chi connectivity index (χ3v) is 3.02. The number of aromatic hydroxyl groups is 1. The highest BCUT2D eigenvalue weighted by molar-refractivity contribution is 6.32. The van der Waals surface area contributed by atoms with Gasteiger partial charge in [-0.05, 0) is 30.3 Å². The number of nitrogens with zero attached hydrogens (tertiary/aromatic N) is 1. The van der Waals surface area contributed by atoms with Gasteiger partial charge in [0.1, 0.15) is 17.6 Å². The summed E-state index contributed by atoms with van der Waals surface area (Å²) in [6, 6.07) is 14.4. The molecule has 0 fully saturated rings. The van der Waals surface area contributed by atoms with Gasteiger partial charge in [0.05, 0.1) is 5.02 Å². The van der Waals surface area contributed by atoms with Crippen molar-refractivity contribution in [2.75, 3.05) is 11.9 Å². The fourth-order valence-corrected chi connectivity index (χ4v) is 1.88. The summed E-state index contributed by atoms with van der Waals surface area (Å²) in [5.74, 6) is 0.735. The number of nitriles is 1. The number of anilines is 1. The Morgan fingerprint density at radius 2 is 1.95 bits per heavy atom. The standard InChI is InChI=1S/C15H13ClN2O2/c16-14-3-1-2-11(15(14)19)10-18-12-4-6-13(7-5-12)20-9-8-17/h1-7,18-19H,9-10H2. The van der Waals surface area contributed by atoms with E-state index in [4.69, 9.17) is 21.6 Å². The summed E-state index contributed by atoms with van der Waals surface area (Å²) in [5.41, 5.74) is 1.61. The maximum atomic E-state index is 9.79. The fraction of sp³-hybridized carbons (Fsp3) is 0.133. The molecule has 2 rings (SSSR count). The molecule has 0 saturated carbocycles. The lowest BCUT2D eigenvalue weighted by atomic mass is 10.2. The quantitative estimate of drug-likeness (QED) is 0.883. The van der Waals surface area contributed by atoms with Gasteiger partial charge < -0.3 is 15.2 Å². The molecule has 5 heteroatoms. The zero-order valence-electron chi connectivity index (χ0n) is 10.6. The van der Waals surface area contributed by atoms with E-state index >= 15 is 0 Å². The second-order valence-corrected chi connectivity index (χ2v) is 4.48. The molecule has 0 aliphatic rings. The predicted octanol–water partition coefficient (Wildman–Crippen LogP) is 3.56. The lowest BCUT2D eigenvalue weighted by Gasteiger charge is -2.09. The molecule has 0 radical (unpaired) electrons. The predicted molar refractivity (Wildman–Crippen MR) is 78.0 cm³/mol. The van der Waals surface area contributed by atoms with Crippen molar-refractivity contribution < 1.29 is 9.84 Å². The summed E-state index contributed by atoms with van der Waals surface area (Å²) in [5, 5.41) is 21.7. The molecule has 0 atom stereocenters. The molecular weight excluding hydrogens is 276 g/mol. The topological polar surface area (TPSA) is 65.3 Å². The minimum absolute atomic E-state index is 0.0309. The van der Waals surface area contributed by atoms with Crippen LogP contribution in [0.1, 0.15) is 5.56 Å². The Hall–Kier alpha value is -2.38. The summed E-state index contributed by atoms with van der Waals surface area (Å²) in [7, 11) is 0. The maximum Gasteiger partial charge on any atom is 0.174 e. The van der Waals surface area contributed by atoms with Gasteiger partial charge in [-0.3, -0.25) is 0 Å². The Labute approximate surface area is 122 Å². The van der Waals surface area contributed by atoms with E-state index in [-0.39, 0.29) is 12.4 Å². The van der Waals surface area contributed by atoms with Crippen molar-refractivity contribution in [3.63, 3.8) is 0 Å². The highest BCUT2D eigenvalue weighted by Crippen LogP contribution is 2.27. The number of ether oxygens (including phenoxy) is 1. The Morgan fingerprint density at radius 3 is 2.65 bits per heavy atom. The van der Waals surface area contributed by atoms with Crippen LogP contribution >= 0.6 is 11.6 Å². The molecule has 0 heterocycles. The van der Waals surface area contributed by atoms with Gasteiger partial charge >= 0.3 is 0 Å². The number of phenolic OH excluding ortho intramolecular Hbond substituents is 1. The molecule has 0 aliphatic heterocycles. The molecule has 2 aromatic carbocycles.